The van der Waals surface area contributed by atoms with Gasteiger partial charge in [0.2, 0.25) is 0 Å². The van der Waals surface area contributed by atoms with Crippen LogP contribution in [0.2, 0.25) is 0 Å². The van der Waals surface area contributed by atoms with E-state index < -0.39 is 0 Å². The molecule has 0 radical (unpaired) electrons. The van der Waals surface area contributed by atoms with Crippen molar-refractivity contribution in [2.75, 3.05) is 0 Å². The maximum atomic E-state index is 4.11. The van der Waals surface area contributed by atoms with Gasteiger partial charge in [0.05, 0.1) is 5.69 Å². The molecule has 0 aliphatic heterocycles. The summed E-state index contributed by atoms with van der Waals surface area (Å²) >= 11 is 0. The Balaban J connectivity index is 2.15. The molecule has 0 saturated heterocycles. The van der Waals surface area contributed by atoms with Gasteiger partial charge in [-0.2, -0.15) is 4.68 Å². The summed E-state index contributed by atoms with van der Waals surface area (Å²) in [5, 5.41) is 11.7. The molecular formula is C15H20N4. The van der Waals surface area contributed by atoms with Crippen molar-refractivity contribution in [2.24, 2.45) is 5.92 Å². The zero-order valence-corrected chi connectivity index (χ0v) is 11.7. The molecule has 0 amide bonds. The lowest BCUT2D eigenvalue weighted by molar-refractivity contribution is 0.647. The molecule has 1 aliphatic carbocycles. The van der Waals surface area contributed by atoms with Crippen molar-refractivity contribution in [3.63, 3.8) is 0 Å². The fourth-order valence-corrected chi connectivity index (χ4v) is 2.79. The Bertz CT molecular complexity index is 556. The molecule has 0 spiro atoms. The Morgan fingerprint density at radius 2 is 1.89 bits per heavy atom. The van der Waals surface area contributed by atoms with Crippen LogP contribution in [0.4, 0.5) is 0 Å². The van der Waals surface area contributed by atoms with Gasteiger partial charge in [0.15, 0.2) is 0 Å². The van der Waals surface area contributed by atoms with Crippen LogP contribution in [0.25, 0.3) is 5.69 Å². The van der Waals surface area contributed by atoms with Crippen LogP contribution in [0.1, 0.15) is 56.6 Å². The predicted molar refractivity (Wildman–Crippen MR) is 74.4 cm³/mol. The van der Waals surface area contributed by atoms with Crippen molar-refractivity contribution in [2.45, 2.75) is 45.4 Å². The molecule has 1 aliphatic rings. The minimum atomic E-state index is 0.463. The summed E-state index contributed by atoms with van der Waals surface area (Å²) in [4.78, 5) is 0. The average Bonchev–Trinajstić information content (AvgIpc) is 3.12. The smallest absolute Gasteiger partial charge is 0.143 e. The second-order valence-corrected chi connectivity index (χ2v) is 5.82. The van der Waals surface area contributed by atoms with Gasteiger partial charge in [-0.15, -0.1) is 5.10 Å². The normalized spacial score (nSPS) is 16.8. The molecule has 100 valence electrons. The van der Waals surface area contributed by atoms with Gasteiger partial charge in [0.1, 0.15) is 6.33 Å². The summed E-state index contributed by atoms with van der Waals surface area (Å²) in [6.07, 6.45) is 4.40. The summed E-state index contributed by atoms with van der Waals surface area (Å²) < 4.78 is 1.82. The van der Waals surface area contributed by atoms with Gasteiger partial charge in [-0.3, -0.25) is 0 Å². The van der Waals surface area contributed by atoms with Crippen molar-refractivity contribution in [1.29, 1.82) is 0 Å². The maximum Gasteiger partial charge on any atom is 0.143 e. The van der Waals surface area contributed by atoms with Crippen LogP contribution < -0.4 is 0 Å². The molecule has 0 bridgehead atoms. The Morgan fingerprint density at radius 3 is 2.47 bits per heavy atom. The largest absolute Gasteiger partial charge is 0.200 e. The molecule has 1 fully saturated rings. The molecule has 19 heavy (non-hydrogen) atoms. The zero-order valence-electron chi connectivity index (χ0n) is 11.7. The van der Waals surface area contributed by atoms with Crippen molar-refractivity contribution < 1.29 is 0 Å². The van der Waals surface area contributed by atoms with E-state index in [4.69, 9.17) is 0 Å². The number of nitrogens with zero attached hydrogens (tertiary/aromatic N) is 4. The van der Waals surface area contributed by atoms with Crippen LogP contribution in [0.3, 0.4) is 0 Å². The molecule has 2 aromatic rings. The lowest BCUT2D eigenvalue weighted by Gasteiger charge is -2.20. The van der Waals surface area contributed by atoms with Crippen molar-refractivity contribution in [3.8, 4) is 5.69 Å². The number of para-hydroxylation sites is 1. The highest BCUT2D eigenvalue weighted by atomic mass is 15.5. The highest BCUT2D eigenvalue weighted by Gasteiger charge is 2.31. The first-order valence-electron chi connectivity index (χ1n) is 7.04. The van der Waals surface area contributed by atoms with Gasteiger partial charge in [-0.1, -0.05) is 39.0 Å². The number of rotatable bonds is 4. The minimum absolute atomic E-state index is 0.463. The molecule has 4 heteroatoms. The Kier molecular flexibility index (Phi) is 3.09. The molecule has 1 aromatic carbocycles. The second-order valence-electron chi connectivity index (χ2n) is 5.82. The van der Waals surface area contributed by atoms with Crippen molar-refractivity contribution in [1.82, 2.24) is 20.2 Å². The summed E-state index contributed by atoms with van der Waals surface area (Å²) in [5.41, 5.74) is 3.88. The molecule has 0 unspecified atom stereocenters. The third-order valence-electron chi connectivity index (χ3n) is 4.12. The second kappa shape index (κ2) is 4.76. The number of benzene rings is 1. The molecule has 1 heterocycles. The highest BCUT2D eigenvalue weighted by molar-refractivity contribution is 5.50. The van der Waals surface area contributed by atoms with Crippen molar-refractivity contribution in [3.05, 3.63) is 35.7 Å². The molecule has 3 rings (SSSR count). The standard InChI is InChI=1S/C15H20N4/c1-10(2)13-5-4-6-14(11(3)12-7-8-12)15(13)19-9-16-17-18-19/h4-6,9-12H,7-8H2,1-3H3/t11-/m1/s1. The maximum absolute atomic E-state index is 4.11. The Morgan fingerprint density at radius 1 is 1.16 bits per heavy atom. The number of aromatic nitrogens is 4. The van der Waals surface area contributed by atoms with E-state index in [2.05, 4.69) is 54.5 Å². The van der Waals surface area contributed by atoms with Crippen molar-refractivity contribution >= 4 is 0 Å². The van der Waals surface area contributed by atoms with E-state index in [1.54, 1.807) is 6.33 Å². The number of hydrogen-bond acceptors (Lipinski definition) is 3. The minimum Gasteiger partial charge on any atom is -0.200 e. The van der Waals surface area contributed by atoms with Crippen LogP contribution in [0.15, 0.2) is 24.5 Å². The monoisotopic (exact) mass is 256 g/mol. The van der Waals surface area contributed by atoms with Gasteiger partial charge >= 0.3 is 0 Å². The summed E-state index contributed by atoms with van der Waals surface area (Å²) in [6, 6.07) is 6.58. The Hall–Kier alpha value is -1.71. The van der Waals surface area contributed by atoms with Gasteiger partial charge < -0.3 is 0 Å². The quantitative estimate of drug-likeness (QED) is 0.843. The molecule has 1 aromatic heterocycles. The fraction of sp³-hybridized carbons (Fsp3) is 0.533. The first-order valence-corrected chi connectivity index (χ1v) is 7.04. The predicted octanol–water partition coefficient (Wildman–Crippen LogP) is 3.30. The van der Waals surface area contributed by atoms with Gasteiger partial charge in [0, 0.05) is 0 Å². The van der Waals surface area contributed by atoms with E-state index in [0.717, 1.165) is 5.92 Å². The zero-order chi connectivity index (χ0) is 13.4. The first kappa shape index (κ1) is 12.3. The summed E-state index contributed by atoms with van der Waals surface area (Å²) in [6.45, 7) is 6.76. The van der Waals surface area contributed by atoms with E-state index >= 15 is 0 Å². The fourth-order valence-electron chi connectivity index (χ4n) is 2.79. The SMILES string of the molecule is CC(C)c1cccc([C@H](C)C2CC2)c1-n1cnnn1. The van der Waals surface area contributed by atoms with Crippen LogP contribution in [0, 0.1) is 5.92 Å². The molecule has 1 atom stereocenters. The van der Waals surface area contributed by atoms with E-state index in [9.17, 15) is 0 Å². The van der Waals surface area contributed by atoms with Gasteiger partial charge in [0.25, 0.3) is 0 Å². The van der Waals surface area contributed by atoms with Crippen LogP contribution >= 0.6 is 0 Å². The summed E-state index contributed by atoms with van der Waals surface area (Å²) in [5.74, 6) is 1.88. The van der Waals surface area contributed by atoms with E-state index in [-0.39, 0.29) is 0 Å². The van der Waals surface area contributed by atoms with E-state index in [1.165, 1.54) is 29.7 Å². The lowest BCUT2D eigenvalue weighted by Crippen LogP contribution is -2.09. The van der Waals surface area contributed by atoms with Crippen LogP contribution in [-0.4, -0.2) is 20.2 Å². The first-order chi connectivity index (χ1) is 9.18. The van der Waals surface area contributed by atoms with Gasteiger partial charge in [-0.05, 0) is 52.1 Å². The Labute approximate surface area is 113 Å². The average molecular weight is 256 g/mol. The lowest BCUT2D eigenvalue weighted by atomic mass is 9.89. The van der Waals surface area contributed by atoms with Crippen LogP contribution in [0.5, 0.6) is 0 Å². The third-order valence-corrected chi connectivity index (χ3v) is 4.12. The summed E-state index contributed by atoms with van der Waals surface area (Å²) in [7, 11) is 0. The molecule has 4 nitrogen and oxygen atoms in total. The number of hydrogen-bond donors (Lipinski definition) is 0. The molecule has 1 saturated carbocycles. The van der Waals surface area contributed by atoms with Gasteiger partial charge in [-0.25, -0.2) is 0 Å². The molecular weight excluding hydrogens is 236 g/mol. The highest BCUT2D eigenvalue weighted by Crippen LogP contribution is 2.44. The van der Waals surface area contributed by atoms with E-state index in [1.807, 2.05) is 4.68 Å². The number of tetrazole rings is 1. The third kappa shape index (κ3) is 2.27. The molecule has 0 N–H and O–H groups in total. The van der Waals surface area contributed by atoms with E-state index in [0.29, 0.717) is 11.8 Å². The topological polar surface area (TPSA) is 43.6 Å². The van der Waals surface area contributed by atoms with Crippen LogP contribution in [-0.2, 0) is 0 Å².